The van der Waals surface area contributed by atoms with E-state index in [2.05, 4.69) is 26.5 Å². The lowest BCUT2D eigenvalue weighted by molar-refractivity contribution is -0.116. The van der Waals surface area contributed by atoms with Crippen molar-refractivity contribution in [2.45, 2.75) is 19.3 Å². The first kappa shape index (κ1) is 17.5. The van der Waals surface area contributed by atoms with E-state index < -0.39 is 0 Å². The highest BCUT2D eigenvalue weighted by Gasteiger charge is 2.33. The lowest BCUT2D eigenvalue weighted by atomic mass is 9.86. The van der Waals surface area contributed by atoms with Crippen LogP contribution >= 0.6 is 0 Å². The monoisotopic (exact) mass is 375 g/mol. The number of carbonyl (C=O) groups excluding carboxylic acids is 1. The Labute approximate surface area is 160 Å². The van der Waals surface area contributed by atoms with Crippen molar-refractivity contribution < 1.29 is 9.53 Å². The number of fused-ring (bicyclic) bond motifs is 1. The summed E-state index contributed by atoms with van der Waals surface area (Å²) in [5.74, 6) is 3.74. The molecule has 4 rings (SSSR count). The van der Waals surface area contributed by atoms with Crippen LogP contribution in [0.1, 0.15) is 29.2 Å². The molecule has 1 aromatic carbocycles. The average Bonchev–Trinajstić information content (AvgIpc) is 3.03. The number of nitrogens with one attached hydrogen (secondary N) is 2. The van der Waals surface area contributed by atoms with Crippen LogP contribution < -0.4 is 15.6 Å². The van der Waals surface area contributed by atoms with Gasteiger partial charge in [-0.15, -0.1) is 6.42 Å². The minimum atomic E-state index is -0.313. The predicted molar refractivity (Wildman–Crippen MR) is 103 cm³/mol. The second-order valence-corrected chi connectivity index (χ2v) is 6.41. The molecule has 0 fully saturated rings. The van der Waals surface area contributed by atoms with E-state index in [-0.39, 0.29) is 30.4 Å². The van der Waals surface area contributed by atoms with Crippen molar-refractivity contribution in [3.63, 3.8) is 0 Å². The maximum Gasteiger partial charge on any atom is 0.264 e. The first-order valence-corrected chi connectivity index (χ1v) is 8.68. The van der Waals surface area contributed by atoms with E-state index in [1.807, 2.05) is 31.2 Å². The number of hydrogen-bond acceptors (Lipinski definition) is 5. The van der Waals surface area contributed by atoms with Gasteiger partial charge in [-0.25, -0.2) is 5.10 Å². The van der Waals surface area contributed by atoms with E-state index in [0.29, 0.717) is 17.4 Å². The van der Waals surface area contributed by atoms with Gasteiger partial charge in [0.2, 0.25) is 5.91 Å². The van der Waals surface area contributed by atoms with Gasteiger partial charge >= 0.3 is 0 Å². The Morgan fingerprint density at radius 1 is 1.32 bits per heavy atom. The molecule has 8 nitrogen and oxygen atoms in total. The first-order chi connectivity index (χ1) is 13.6. The van der Waals surface area contributed by atoms with E-state index in [4.69, 9.17) is 11.2 Å². The average molecular weight is 375 g/mol. The highest BCUT2D eigenvalue weighted by atomic mass is 16.5. The molecule has 8 heteroatoms. The molecule has 3 heterocycles. The van der Waals surface area contributed by atoms with Crippen LogP contribution in [0.5, 0.6) is 5.75 Å². The van der Waals surface area contributed by atoms with Gasteiger partial charge in [-0.2, -0.15) is 14.9 Å². The fourth-order valence-electron chi connectivity index (χ4n) is 3.40. The molecule has 0 radical (unpaired) electrons. The van der Waals surface area contributed by atoms with Gasteiger partial charge in [0.05, 0.1) is 5.69 Å². The van der Waals surface area contributed by atoms with Crippen LogP contribution in [-0.4, -0.2) is 32.5 Å². The number of aryl methyl sites for hydroxylation is 1. The second-order valence-electron chi connectivity index (χ2n) is 6.41. The number of amides is 1. The number of carbonyl (C=O) groups is 1. The number of ether oxygens (including phenoxy) is 1. The molecule has 0 saturated heterocycles. The van der Waals surface area contributed by atoms with Crippen molar-refractivity contribution in [1.29, 1.82) is 0 Å². The third-order valence-corrected chi connectivity index (χ3v) is 4.57. The van der Waals surface area contributed by atoms with Gasteiger partial charge in [-0.3, -0.25) is 9.59 Å². The third kappa shape index (κ3) is 3.14. The molecule has 140 valence electrons. The number of terminal acetylenes is 1. The topological polar surface area (TPSA) is 102 Å². The molecule has 0 unspecified atom stereocenters. The Hall–Kier alpha value is -3.86. The molecule has 28 heavy (non-hydrogen) atoms. The van der Waals surface area contributed by atoms with Crippen molar-refractivity contribution in [1.82, 2.24) is 20.0 Å². The van der Waals surface area contributed by atoms with E-state index in [1.165, 1.54) is 10.7 Å². The molecule has 2 aromatic heterocycles. The zero-order chi connectivity index (χ0) is 19.7. The highest BCUT2D eigenvalue weighted by Crippen LogP contribution is 2.40. The SMILES string of the molecule is C#CCOc1cccc([C@@H]2CC(=O)Nc3c2c(C)nn3-c2ccc(=O)[nH]n2)c1. The Kier molecular flexibility index (Phi) is 4.41. The summed E-state index contributed by atoms with van der Waals surface area (Å²) in [5, 5.41) is 13.8. The van der Waals surface area contributed by atoms with Gasteiger partial charge in [-0.05, 0) is 30.7 Å². The molecule has 0 spiro atoms. The summed E-state index contributed by atoms with van der Waals surface area (Å²) in [6, 6.07) is 10.4. The van der Waals surface area contributed by atoms with E-state index in [9.17, 15) is 9.59 Å². The van der Waals surface area contributed by atoms with Crippen LogP contribution in [0.25, 0.3) is 5.82 Å². The Balaban J connectivity index is 1.80. The summed E-state index contributed by atoms with van der Waals surface area (Å²) in [5.41, 5.74) is 2.29. The molecule has 0 aliphatic carbocycles. The summed E-state index contributed by atoms with van der Waals surface area (Å²) in [6.07, 6.45) is 5.55. The fraction of sp³-hybridized carbons (Fsp3) is 0.200. The molecule has 1 aliphatic rings. The smallest absolute Gasteiger partial charge is 0.264 e. The number of aromatic amines is 1. The van der Waals surface area contributed by atoms with Crippen LogP contribution in [0.15, 0.2) is 41.2 Å². The normalized spacial score (nSPS) is 15.4. The zero-order valence-corrected chi connectivity index (χ0v) is 15.1. The van der Waals surface area contributed by atoms with Crippen LogP contribution in [0.4, 0.5) is 5.82 Å². The van der Waals surface area contributed by atoms with Gasteiger partial charge < -0.3 is 10.1 Å². The summed E-state index contributed by atoms with van der Waals surface area (Å²) in [4.78, 5) is 23.7. The van der Waals surface area contributed by atoms with Crippen molar-refractivity contribution in [3.8, 4) is 23.9 Å². The third-order valence-electron chi connectivity index (χ3n) is 4.57. The molecule has 1 atom stereocenters. The van der Waals surface area contributed by atoms with Gasteiger partial charge in [0.25, 0.3) is 5.56 Å². The Morgan fingerprint density at radius 3 is 2.93 bits per heavy atom. The number of benzene rings is 1. The lowest BCUT2D eigenvalue weighted by Gasteiger charge is -2.24. The van der Waals surface area contributed by atoms with E-state index in [1.54, 1.807) is 6.07 Å². The zero-order valence-electron chi connectivity index (χ0n) is 15.1. The summed E-state index contributed by atoms with van der Waals surface area (Å²) >= 11 is 0. The van der Waals surface area contributed by atoms with E-state index >= 15 is 0 Å². The summed E-state index contributed by atoms with van der Waals surface area (Å²) < 4.78 is 7.05. The molecular weight excluding hydrogens is 358 g/mol. The maximum absolute atomic E-state index is 12.4. The first-order valence-electron chi connectivity index (χ1n) is 8.68. The number of anilines is 1. The van der Waals surface area contributed by atoms with Crippen LogP contribution in [0.3, 0.4) is 0 Å². The van der Waals surface area contributed by atoms with Crippen LogP contribution in [0.2, 0.25) is 0 Å². The number of aromatic nitrogens is 4. The number of rotatable bonds is 4. The second kappa shape index (κ2) is 7.04. The highest BCUT2D eigenvalue weighted by molar-refractivity contribution is 5.95. The standard InChI is InChI=1S/C20H17N5O3/c1-3-9-28-14-6-4-5-13(10-14)15-11-18(27)21-20-19(15)12(2)24-25(20)16-7-8-17(26)23-22-16/h1,4-8,10,15H,9,11H2,2H3,(H,21,27)(H,23,26)/t15-/m0/s1. The lowest BCUT2D eigenvalue weighted by Crippen LogP contribution is -2.25. The van der Waals surface area contributed by atoms with Gasteiger partial charge in [0.15, 0.2) is 5.82 Å². The fourth-order valence-corrected chi connectivity index (χ4v) is 3.40. The summed E-state index contributed by atoms with van der Waals surface area (Å²) in [7, 11) is 0. The minimum Gasteiger partial charge on any atom is -0.481 e. The molecule has 1 aliphatic heterocycles. The van der Waals surface area contributed by atoms with Crippen LogP contribution in [-0.2, 0) is 4.79 Å². The molecule has 3 aromatic rings. The van der Waals surface area contributed by atoms with Crippen molar-refractivity contribution in [3.05, 3.63) is 63.6 Å². The summed E-state index contributed by atoms with van der Waals surface area (Å²) in [6.45, 7) is 2.05. The maximum atomic E-state index is 12.4. The van der Waals surface area contributed by atoms with Crippen molar-refractivity contribution in [2.75, 3.05) is 11.9 Å². The van der Waals surface area contributed by atoms with Gasteiger partial charge in [-0.1, -0.05) is 18.1 Å². The predicted octanol–water partition coefficient (Wildman–Crippen LogP) is 1.75. The van der Waals surface area contributed by atoms with Gasteiger partial charge in [0, 0.05) is 24.0 Å². The van der Waals surface area contributed by atoms with E-state index in [0.717, 1.165) is 16.8 Å². The molecular formula is C20H17N5O3. The number of nitrogens with zero attached hydrogens (tertiary/aromatic N) is 3. The Morgan fingerprint density at radius 2 is 2.18 bits per heavy atom. The van der Waals surface area contributed by atoms with Gasteiger partial charge in [0.1, 0.15) is 18.2 Å². The van der Waals surface area contributed by atoms with Crippen LogP contribution in [0, 0.1) is 19.3 Å². The quantitative estimate of drug-likeness (QED) is 0.677. The largest absolute Gasteiger partial charge is 0.481 e. The molecule has 2 N–H and O–H groups in total. The molecule has 0 bridgehead atoms. The minimum absolute atomic E-state index is 0.127. The van der Waals surface area contributed by atoms with Crippen molar-refractivity contribution in [2.24, 2.45) is 0 Å². The molecule has 0 saturated carbocycles. The van der Waals surface area contributed by atoms with Crippen molar-refractivity contribution >= 4 is 11.7 Å². The molecule has 1 amide bonds. The Bertz CT molecular complexity index is 1130. The number of hydrogen-bond donors (Lipinski definition) is 2. The number of H-pyrrole nitrogens is 1.